The predicted molar refractivity (Wildman–Crippen MR) is 151 cm³/mol. The van der Waals surface area contributed by atoms with Crippen LogP contribution in [0.4, 0.5) is 11.5 Å². The minimum absolute atomic E-state index is 0.133. The summed E-state index contributed by atoms with van der Waals surface area (Å²) in [6.45, 7) is 5.65. The van der Waals surface area contributed by atoms with Crippen LogP contribution in [0.15, 0.2) is 36.4 Å². The van der Waals surface area contributed by atoms with E-state index in [4.69, 9.17) is 26.3 Å². The summed E-state index contributed by atoms with van der Waals surface area (Å²) in [6.07, 6.45) is 3.66. The molecule has 38 heavy (non-hydrogen) atoms. The third kappa shape index (κ3) is 4.98. The van der Waals surface area contributed by atoms with E-state index in [0.29, 0.717) is 31.6 Å². The van der Waals surface area contributed by atoms with E-state index in [2.05, 4.69) is 57.4 Å². The van der Waals surface area contributed by atoms with E-state index in [1.807, 2.05) is 12.1 Å². The first-order chi connectivity index (χ1) is 18.6. The lowest BCUT2D eigenvalue weighted by Gasteiger charge is -2.37. The largest absolute Gasteiger partial charge is 0.462 e. The Labute approximate surface area is 229 Å². The molecule has 1 aromatic heterocycles. The monoisotopic (exact) mass is 531 g/mol. The zero-order valence-corrected chi connectivity index (χ0v) is 22.6. The van der Waals surface area contributed by atoms with Crippen molar-refractivity contribution in [3.05, 3.63) is 52.7 Å². The van der Waals surface area contributed by atoms with Crippen molar-refractivity contribution in [2.24, 2.45) is 0 Å². The summed E-state index contributed by atoms with van der Waals surface area (Å²) in [7, 11) is 2.16. The second kappa shape index (κ2) is 10.9. The second-order valence-electron chi connectivity index (χ2n) is 10.6. The van der Waals surface area contributed by atoms with E-state index < -0.39 is 0 Å². The van der Waals surface area contributed by atoms with Crippen molar-refractivity contribution in [2.45, 2.75) is 44.3 Å². The molecule has 2 aromatic carbocycles. The third-order valence-electron chi connectivity index (χ3n) is 8.16. The van der Waals surface area contributed by atoms with Crippen LogP contribution in [0.3, 0.4) is 0 Å². The van der Waals surface area contributed by atoms with Gasteiger partial charge in [0.2, 0.25) is 0 Å². The van der Waals surface area contributed by atoms with Crippen LogP contribution < -0.4 is 19.9 Å². The van der Waals surface area contributed by atoms with Gasteiger partial charge in [-0.05, 0) is 50.4 Å². The van der Waals surface area contributed by atoms with Gasteiger partial charge in [0.25, 0.3) is 0 Å². The highest BCUT2D eigenvalue weighted by atomic mass is 35.5. The number of likely N-dealkylation sites (N-methyl/N-ethyl adjacent to an activating group) is 1. The van der Waals surface area contributed by atoms with Crippen molar-refractivity contribution in [3.8, 4) is 12.1 Å². The van der Waals surface area contributed by atoms with Crippen LogP contribution in [-0.2, 0) is 13.0 Å². The molecule has 0 spiro atoms. The maximum absolute atomic E-state index is 9.27. The van der Waals surface area contributed by atoms with Crippen LogP contribution >= 0.6 is 11.6 Å². The Kier molecular flexibility index (Phi) is 7.24. The van der Waals surface area contributed by atoms with Crippen molar-refractivity contribution in [1.29, 1.82) is 5.26 Å². The van der Waals surface area contributed by atoms with Crippen molar-refractivity contribution in [1.82, 2.24) is 20.2 Å². The fourth-order valence-electron chi connectivity index (χ4n) is 6.09. The molecule has 4 heterocycles. The van der Waals surface area contributed by atoms with E-state index in [1.54, 1.807) is 0 Å². The fraction of sp³-hybridized carbons (Fsp3) is 0.483. The number of benzene rings is 2. The lowest BCUT2D eigenvalue weighted by Crippen LogP contribution is -2.51. The normalized spacial score (nSPS) is 21.9. The number of likely N-dealkylation sites (tertiary alicyclic amines) is 1. The zero-order chi connectivity index (χ0) is 26.1. The molecule has 6 rings (SSSR count). The Bertz CT molecular complexity index is 1350. The molecule has 3 aliphatic heterocycles. The van der Waals surface area contributed by atoms with Crippen molar-refractivity contribution >= 4 is 33.9 Å². The molecule has 0 amide bonds. The van der Waals surface area contributed by atoms with Crippen LogP contribution in [0.25, 0.3) is 10.8 Å². The van der Waals surface area contributed by atoms with Crippen molar-refractivity contribution in [2.75, 3.05) is 56.2 Å². The van der Waals surface area contributed by atoms with Crippen LogP contribution in [0.1, 0.15) is 30.5 Å². The molecule has 2 atom stereocenters. The average Bonchev–Trinajstić information content (AvgIpc) is 3.35. The first-order valence-electron chi connectivity index (χ1n) is 13.6. The lowest BCUT2D eigenvalue weighted by atomic mass is 10.0. The van der Waals surface area contributed by atoms with Crippen molar-refractivity contribution < 1.29 is 4.74 Å². The standard InChI is InChI=1S/C29H34ClN7O/c1-35-14-4-7-22(35)19-38-29-33-25-18-36(26-9-3-6-20-5-2-8-24(30)27(20)26)15-11-23(25)28(34-29)37-16-13-32-21(17-37)10-12-31/h2-3,5-6,8-9,21-22,32H,4,7,10-11,13-19H2,1H3/t21-,22+/m0/s1. The number of aromatic nitrogens is 2. The molecule has 198 valence electrons. The molecule has 2 saturated heterocycles. The summed E-state index contributed by atoms with van der Waals surface area (Å²) in [5, 5.41) is 15.7. The molecule has 9 heteroatoms. The van der Waals surface area contributed by atoms with Crippen LogP contribution in [0, 0.1) is 11.3 Å². The summed E-state index contributed by atoms with van der Waals surface area (Å²) >= 11 is 6.68. The predicted octanol–water partition coefficient (Wildman–Crippen LogP) is 4.01. The molecule has 0 unspecified atom stereocenters. The van der Waals surface area contributed by atoms with Gasteiger partial charge in [-0.25, -0.2) is 0 Å². The number of fused-ring (bicyclic) bond motifs is 2. The van der Waals surface area contributed by atoms with Gasteiger partial charge in [-0.15, -0.1) is 0 Å². The average molecular weight is 532 g/mol. The first kappa shape index (κ1) is 25.2. The summed E-state index contributed by atoms with van der Waals surface area (Å²) in [6, 6.07) is 15.7. The Balaban J connectivity index is 1.34. The SMILES string of the molecule is CN1CCC[C@@H]1COc1nc2c(c(N3CCN[C@@H](CC#N)C3)n1)CCN(c1cccc3cccc(Cl)c13)C2. The number of rotatable bonds is 6. The van der Waals surface area contributed by atoms with Gasteiger partial charge in [-0.3, -0.25) is 0 Å². The van der Waals surface area contributed by atoms with Crippen molar-refractivity contribution in [3.63, 3.8) is 0 Å². The minimum Gasteiger partial charge on any atom is -0.462 e. The summed E-state index contributed by atoms with van der Waals surface area (Å²) in [4.78, 5) is 17.0. The van der Waals surface area contributed by atoms with E-state index in [9.17, 15) is 5.26 Å². The Morgan fingerprint density at radius 3 is 2.82 bits per heavy atom. The van der Waals surface area contributed by atoms with Crippen LogP contribution in [-0.4, -0.2) is 73.3 Å². The quantitative estimate of drug-likeness (QED) is 0.511. The molecule has 8 nitrogen and oxygen atoms in total. The van der Waals surface area contributed by atoms with Gasteiger partial charge in [0.15, 0.2) is 0 Å². The molecular formula is C29H34ClN7O. The van der Waals surface area contributed by atoms with Crippen LogP contribution in [0.5, 0.6) is 6.01 Å². The van der Waals surface area contributed by atoms with Gasteiger partial charge in [-0.2, -0.15) is 15.2 Å². The number of piperazine rings is 1. The maximum Gasteiger partial charge on any atom is 0.318 e. The number of halogens is 1. The molecule has 3 aromatic rings. The van der Waals surface area contributed by atoms with Gasteiger partial charge in [0, 0.05) is 54.9 Å². The molecule has 1 N–H and O–H groups in total. The van der Waals surface area contributed by atoms with Gasteiger partial charge in [0.1, 0.15) is 12.4 Å². The minimum atomic E-state index is 0.133. The lowest BCUT2D eigenvalue weighted by molar-refractivity contribution is 0.187. The number of anilines is 2. The highest BCUT2D eigenvalue weighted by Gasteiger charge is 2.30. The molecule has 3 aliphatic rings. The van der Waals surface area contributed by atoms with E-state index in [0.717, 1.165) is 78.6 Å². The Hall–Kier alpha value is -3.12. The van der Waals surface area contributed by atoms with E-state index in [-0.39, 0.29) is 6.04 Å². The third-order valence-corrected chi connectivity index (χ3v) is 8.48. The van der Waals surface area contributed by atoms with Gasteiger partial charge >= 0.3 is 6.01 Å². The number of hydrogen-bond acceptors (Lipinski definition) is 8. The highest BCUT2D eigenvalue weighted by Crippen LogP contribution is 2.37. The summed E-state index contributed by atoms with van der Waals surface area (Å²) in [5.74, 6) is 0.963. The Morgan fingerprint density at radius 1 is 1.13 bits per heavy atom. The first-order valence-corrected chi connectivity index (χ1v) is 14.0. The summed E-state index contributed by atoms with van der Waals surface area (Å²) in [5.41, 5.74) is 3.33. The van der Waals surface area contributed by atoms with Gasteiger partial charge < -0.3 is 24.8 Å². The molecule has 2 fully saturated rings. The maximum atomic E-state index is 9.27. The molecule has 0 saturated carbocycles. The summed E-state index contributed by atoms with van der Waals surface area (Å²) < 4.78 is 6.26. The highest BCUT2D eigenvalue weighted by molar-refractivity contribution is 6.36. The van der Waals surface area contributed by atoms with E-state index >= 15 is 0 Å². The van der Waals surface area contributed by atoms with Crippen LogP contribution in [0.2, 0.25) is 5.02 Å². The smallest absolute Gasteiger partial charge is 0.318 e. The topological polar surface area (TPSA) is 80.5 Å². The Morgan fingerprint density at radius 2 is 2.00 bits per heavy atom. The number of hydrogen-bond donors (Lipinski definition) is 1. The van der Waals surface area contributed by atoms with E-state index in [1.165, 1.54) is 12.0 Å². The zero-order valence-electron chi connectivity index (χ0n) is 21.9. The number of ether oxygens (including phenoxy) is 1. The van der Waals surface area contributed by atoms with Gasteiger partial charge in [-0.1, -0.05) is 35.9 Å². The molecule has 0 bridgehead atoms. The molecule has 0 radical (unpaired) electrons. The molecule has 0 aliphatic carbocycles. The number of nitriles is 1. The number of nitrogens with one attached hydrogen (secondary N) is 1. The number of nitrogens with zero attached hydrogens (tertiary/aromatic N) is 6. The van der Waals surface area contributed by atoms with Gasteiger partial charge in [0.05, 0.1) is 29.8 Å². The fourth-order valence-corrected chi connectivity index (χ4v) is 6.36. The molecular weight excluding hydrogens is 498 g/mol. The second-order valence-corrected chi connectivity index (χ2v) is 11.0.